The summed E-state index contributed by atoms with van der Waals surface area (Å²) in [6, 6.07) is 5.66. The summed E-state index contributed by atoms with van der Waals surface area (Å²) < 4.78 is 31.5. The number of benzene rings is 1. The monoisotopic (exact) mass is 382 g/mol. The number of ketones is 1. The number of hydrogen-bond donors (Lipinski definition) is 2. The van der Waals surface area contributed by atoms with Gasteiger partial charge in [0.1, 0.15) is 0 Å². The zero-order valence-electron chi connectivity index (χ0n) is 14.7. The van der Waals surface area contributed by atoms with Crippen LogP contribution in [0, 0.1) is 0 Å². The lowest BCUT2D eigenvalue weighted by Gasteiger charge is -2.13. The molecule has 2 rings (SSSR count). The highest BCUT2D eigenvalue weighted by atomic mass is 32.2. The molecule has 142 valence electrons. The third-order valence-corrected chi connectivity index (χ3v) is 5.27. The van der Waals surface area contributed by atoms with E-state index in [-0.39, 0.29) is 35.6 Å². The zero-order chi connectivity index (χ0) is 19.3. The Morgan fingerprint density at radius 1 is 1.19 bits per heavy atom. The van der Waals surface area contributed by atoms with Crippen LogP contribution in [-0.4, -0.2) is 44.8 Å². The lowest BCUT2D eigenvalue weighted by atomic mass is 10.2. The summed E-state index contributed by atoms with van der Waals surface area (Å²) in [5, 5.41) is 2.72. The molecule has 0 unspecified atom stereocenters. The highest BCUT2D eigenvalue weighted by Gasteiger charge is 2.27. The van der Waals surface area contributed by atoms with E-state index in [2.05, 4.69) is 10.0 Å². The summed E-state index contributed by atoms with van der Waals surface area (Å²) in [4.78, 5) is 34.6. The maximum atomic E-state index is 12.1. The van der Waals surface area contributed by atoms with Crippen molar-refractivity contribution in [3.05, 3.63) is 29.8 Å². The van der Waals surface area contributed by atoms with Gasteiger partial charge in [-0.1, -0.05) is 12.1 Å². The van der Waals surface area contributed by atoms with Crippen molar-refractivity contribution in [1.82, 2.24) is 10.0 Å². The Hall–Kier alpha value is -2.26. The summed E-state index contributed by atoms with van der Waals surface area (Å²) in [5.41, 5.74) is 0.408. The molecule has 1 atom stereocenters. The van der Waals surface area contributed by atoms with Crippen molar-refractivity contribution in [2.45, 2.75) is 50.2 Å². The van der Waals surface area contributed by atoms with Crippen molar-refractivity contribution in [3.8, 4) is 0 Å². The van der Waals surface area contributed by atoms with Crippen molar-refractivity contribution >= 4 is 27.7 Å². The second kappa shape index (κ2) is 8.41. The SMILES string of the molecule is CC(=O)c1ccc(S(=O)(=O)NCCC(=O)O[C@H](C)C(=O)NC2CC2)cc1. The van der Waals surface area contributed by atoms with E-state index >= 15 is 0 Å². The summed E-state index contributed by atoms with van der Waals surface area (Å²) in [6.45, 7) is 2.70. The van der Waals surface area contributed by atoms with Gasteiger partial charge in [-0.05, 0) is 38.8 Å². The van der Waals surface area contributed by atoms with Gasteiger partial charge in [0.25, 0.3) is 5.91 Å². The van der Waals surface area contributed by atoms with Gasteiger partial charge in [0.2, 0.25) is 10.0 Å². The molecule has 0 bridgehead atoms. The average Bonchev–Trinajstić information content (AvgIpc) is 3.38. The minimum atomic E-state index is -3.80. The molecule has 0 radical (unpaired) electrons. The third-order valence-electron chi connectivity index (χ3n) is 3.79. The van der Waals surface area contributed by atoms with E-state index in [1.165, 1.54) is 38.1 Å². The number of hydrogen-bond acceptors (Lipinski definition) is 6. The number of sulfonamides is 1. The highest BCUT2D eigenvalue weighted by Crippen LogP contribution is 2.18. The van der Waals surface area contributed by atoms with Crippen LogP contribution in [0.4, 0.5) is 0 Å². The summed E-state index contributed by atoms with van der Waals surface area (Å²) in [7, 11) is -3.80. The summed E-state index contributed by atoms with van der Waals surface area (Å²) >= 11 is 0. The number of esters is 1. The lowest BCUT2D eigenvalue weighted by Crippen LogP contribution is -2.37. The van der Waals surface area contributed by atoms with Crippen molar-refractivity contribution < 1.29 is 27.5 Å². The van der Waals surface area contributed by atoms with E-state index < -0.39 is 22.1 Å². The highest BCUT2D eigenvalue weighted by molar-refractivity contribution is 7.89. The van der Waals surface area contributed by atoms with E-state index in [0.717, 1.165) is 12.8 Å². The largest absolute Gasteiger partial charge is 0.453 e. The van der Waals surface area contributed by atoms with Gasteiger partial charge in [-0.15, -0.1) is 0 Å². The molecule has 1 aromatic rings. The lowest BCUT2D eigenvalue weighted by molar-refractivity contribution is -0.154. The first kappa shape index (κ1) is 20.1. The topological polar surface area (TPSA) is 119 Å². The van der Waals surface area contributed by atoms with E-state index in [0.29, 0.717) is 5.56 Å². The van der Waals surface area contributed by atoms with E-state index in [9.17, 15) is 22.8 Å². The molecule has 0 heterocycles. The third kappa shape index (κ3) is 5.92. The Balaban J connectivity index is 1.78. The molecule has 0 aromatic heterocycles. The Bertz CT molecular complexity index is 784. The fourth-order valence-corrected chi connectivity index (χ4v) is 3.13. The van der Waals surface area contributed by atoms with Crippen molar-refractivity contribution in [2.75, 3.05) is 6.54 Å². The zero-order valence-corrected chi connectivity index (χ0v) is 15.5. The maximum Gasteiger partial charge on any atom is 0.307 e. The molecule has 1 aromatic carbocycles. The van der Waals surface area contributed by atoms with Crippen molar-refractivity contribution in [3.63, 3.8) is 0 Å². The molecular weight excluding hydrogens is 360 g/mol. The van der Waals surface area contributed by atoms with Crippen molar-refractivity contribution in [1.29, 1.82) is 0 Å². The molecule has 8 nitrogen and oxygen atoms in total. The number of amides is 1. The maximum absolute atomic E-state index is 12.1. The van der Waals surface area contributed by atoms with Crippen LogP contribution in [0.1, 0.15) is 43.5 Å². The van der Waals surface area contributed by atoms with Crippen LogP contribution in [-0.2, 0) is 24.3 Å². The van der Waals surface area contributed by atoms with Crippen LogP contribution in [0.25, 0.3) is 0 Å². The average molecular weight is 382 g/mol. The normalized spacial score (nSPS) is 15.2. The van der Waals surface area contributed by atoms with Gasteiger partial charge in [-0.2, -0.15) is 0 Å². The molecule has 2 N–H and O–H groups in total. The molecule has 1 fully saturated rings. The second-order valence-electron chi connectivity index (χ2n) is 6.14. The van der Waals surface area contributed by atoms with Gasteiger partial charge in [-0.25, -0.2) is 13.1 Å². The van der Waals surface area contributed by atoms with Crippen LogP contribution in [0.2, 0.25) is 0 Å². The minimum absolute atomic E-state index is 0.00644. The van der Waals surface area contributed by atoms with Gasteiger partial charge in [0.05, 0.1) is 11.3 Å². The predicted molar refractivity (Wildman–Crippen MR) is 93.0 cm³/mol. The summed E-state index contributed by atoms with van der Waals surface area (Å²) in [6.07, 6.45) is 0.744. The van der Waals surface area contributed by atoms with Crippen molar-refractivity contribution in [2.24, 2.45) is 0 Å². The molecule has 1 aliphatic rings. The fourth-order valence-electron chi connectivity index (χ4n) is 2.10. The Morgan fingerprint density at radius 2 is 1.81 bits per heavy atom. The molecule has 0 saturated heterocycles. The Kier molecular flexibility index (Phi) is 6.49. The molecule has 0 aliphatic heterocycles. The molecule has 1 aliphatic carbocycles. The van der Waals surface area contributed by atoms with Crippen LogP contribution in [0.3, 0.4) is 0 Å². The number of Topliss-reactive ketones (excluding diaryl/α,β-unsaturated/α-hetero) is 1. The molecular formula is C17H22N2O6S. The van der Waals surface area contributed by atoms with Crippen LogP contribution >= 0.6 is 0 Å². The van der Waals surface area contributed by atoms with Gasteiger partial charge >= 0.3 is 5.97 Å². The van der Waals surface area contributed by atoms with Gasteiger partial charge in [-0.3, -0.25) is 14.4 Å². The molecule has 1 amide bonds. The number of ether oxygens (including phenoxy) is 1. The van der Waals surface area contributed by atoms with Crippen LogP contribution < -0.4 is 10.0 Å². The number of nitrogens with one attached hydrogen (secondary N) is 2. The smallest absolute Gasteiger partial charge is 0.307 e. The first-order chi connectivity index (χ1) is 12.2. The molecule has 0 spiro atoms. The Morgan fingerprint density at radius 3 is 2.35 bits per heavy atom. The standard InChI is InChI=1S/C17H22N2O6S/c1-11(20)13-3-7-15(8-4-13)26(23,24)18-10-9-16(21)25-12(2)17(22)19-14-5-6-14/h3-4,7-8,12,14,18H,5-6,9-10H2,1-2H3,(H,19,22)/t12-/m1/s1. The van der Waals surface area contributed by atoms with Crippen LogP contribution in [0.15, 0.2) is 29.2 Å². The first-order valence-corrected chi connectivity index (χ1v) is 9.78. The number of rotatable bonds is 9. The van der Waals surface area contributed by atoms with E-state index in [4.69, 9.17) is 4.74 Å². The quantitative estimate of drug-likeness (QED) is 0.481. The predicted octanol–water partition coefficient (Wildman–Crippen LogP) is 0.768. The van der Waals surface area contributed by atoms with Gasteiger partial charge < -0.3 is 10.1 Å². The second-order valence-corrected chi connectivity index (χ2v) is 7.91. The first-order valence-electron chi connectivity index (χ1n) is 8.29. The fraction of sp³-hybridized carbons (Fsp3) is 0.471. The number of carbonyl (C=O) groups is 3. The van der Waals surface area contributed by atoms with E-state index in [1.807, 2.05) is 0 Å². The Labute approximate surface area is 152 Å². The van der Waals surface area contributed by atoms with Crippen LogP contribution in [0.5, 0.6) is 0 Å². The molecule has 1 saturated carbocycles. The minimum Gasteiger partial charge on any atom is -0.453 e. The van der Waals surface area contributed by atoms with Gasteiger partial charge in [0.15, 0.2) is 11.9 Å². The summed E-state index contributed by atoms with van der Waals surface area (Å²) in [5.74, 6) is -1.19. The number of carbonyl (C=O) groups excluding carboxylic acids is 3. The molecule has 9 heteroatoms. The van der Waals surface area contributed by atoms with E-state index in [1.54, 1.807) is 0 Å². The van der Waals surface area contributed by atoms with Gasteiger partial charge in [0, 0.05) is 18.2 Å². The molecule has 26 heavy (non-hydrogen) atoms.